The predicted molar refractivity (Wildman–Crippen MR) is 97.0 cm³/mol. The molecule has 6 nitrogen and oxygen atoms in total. The van der Waals surface area contributed by atoms with Crippen LogP contribution in [0.5, 0.6) is 0 Å². The van der Waals surface area contributed by atoms with E-state index < -0.39 is 0 Å². The van der Waals surface area contributed by atoms with Crippen molar-refractivity contribution in [3.05, 3.63) is 57.6 Å². The molecule has 0 unspecified atom stereocenters. The molecule has 0 N–H and O–H groups in total. The number of halogens is 1. The molecule has 4 rings (SSSR count). The fraction of sp³-hybridized carbons (Fsp3) is 0.294. The van der Waals surface area contributed by atoms with Crippen LogP contribution in [0.15, 0.2) is 44.9 Å². The zero-order chi connectivity index (χ0) is 17.4. The number of benzene rings is 1. The summed E-state index contributed by atoms with van der Waals surface area (Å²) in [5.74, 6) is 0.298. The lowest BCUT2D eigenvalue weighted by Gasteiger charge is -2.09. The molecule has 0 bridgehead atoms. The number of aromatic nitrogens is 4. The Labute approximate surface area is 157 Å². The van der Waals surface area contributed by atoms with E-state index in [0.29, 0.717) is 28.7 Å². The van der Waals surface area contributed by atoms with Crippen molar-refractivity contribution in [2.45, 2.75) is 30.5 Å². The lowest BCUT2D eigenvalue weighted by molar-refractivity contribution is 0.103. The molecule has 2 aromatic heterocycles. The van der Waals surface area contributed by atoms with Crippen molar-refractivity contribution in [3.8, 4) is 0 Å². The maximum absolute atomic E-state index is 13.1. The topological polar surface area (TPSA) is 73.8 Å². The van der Waals surface area contributed by atoms with Crippen LogP contribution in [0.25, 0.3) is 0 Å². The number of carbonyl (C=O) groups is 1. The first-order valence-electron chi connectivity index (χ1n) is 7.86. The number of hydrogen-bond acceptors (Lipinski definition) is 6. The fourth-order valence-electron chi connectivity index (χ4n) is 2.75. The van der Waals surface area contributed by atoms with Gasteiger partial charge in [0.1, 0.15) is 12.6 Å². The molecule has 0 spiro atoms. The molecule has 0 aliphatic heterocycles. The molecule has 1 fully saturated rings. The van der Waals surface area contributed by atoms with E-state index >= 15 is 0 Å². The van der Waals surface area contributed by atoms with Crippen molar-refractivity contribution in [2.75, 3.05) is 6.26 Å². The van der Waals surface area contributed by atoms with Gasteiger partial charge in [0.05, 0.1) is 17.8 Å². The number of thioether (sulfide) groups is 1. The van der Waals surface area contributed by atoms with Gasteiger partial charge < -0.3 is 4.52 Å². The van der Waals surface area contributed by atoms with E-state index in [-0.39, 0.29) is 5.78 Å². The minimum atomic E-state index is -0.0594. The molecule has 0 amide bonds. The molecular weight excluding hydrogens is 404 g/mol. The maximum atomic E-state index is 13.1. The van der Waals surface area contributed by atoms with Gasteiger partial charge >= 0.3 is 0 Å². The smallest absolute Gasteiger partial charge is 0.208 e. The van der Waals surface area contributed by atoms with Crippen LogP contribution >= 0.6 is 27.7 Å². The molecule has 1 aliphatic rings. The second kappa shape index (κ2) is 6.76. The summed E-state index contributed by atoms with van der Waals surface area (Å²) in [6.07, 6.45) is 7.20. The molecule has 0 radical (unpaired) electrons. The molecular formula is C17H15BrN4O2S. The summed E-state index contributed by atoms with van der Waals surface area (Å²) >= 11 is 4.97. The standard InChI is InChI=1S/C17H15BrN4O2S/c1-25-17-19-9-22(20-17)7-11-6-12(18)4-5-13(11)16(23)14-8-24-21-15(14)10-2-3-10/h4-6,8-10H,2-3,7H2,1H3. The van der Waals surface area contributed by atoms with Gasteiger partial charge in [-0.1, -0.05) is 32.8 Å². The van der Waals surface area contributed by atoms with E-state index in [1.165, 1.54) is 18.0 Å². The van der Waals surface area contributed by atoms with E-state index in [0.717, 1.165) is 28.6 Å². The summed E-state index contributed by atoms with van der Waals surface area (Å²) in [6, 6.07) is 5.64. The molecule has 2 heterocycles. The van der Waals surface area contributed by atoms with Crippen LogP contribution in [0.3, 0.4) is 0 Å². The molecule has 1 aliphatic carbocycles. The predicted octanol–water partition coefficient (Wildman–Crippen LogP) is 3.91. The summed E-state index contributed by atoms with van der Waals surface area (Å²) in [6.45, 7) is 0.470. The Kier molecular flexibility index (Phi) is 4.47. The third-order valence-corrected chi connectivity index (χ3v) is 5.19. The van der Waals surface area contributed by atoms with E-state index in [9.17, 15) is 4.79 Å². The van der Waals surface area contributed by atoms with E-state index in [4.69, 9.17) is 4.52 Å². The highest BCUT2D eigenvalue weighted by Crippen LogP contribution is 2.41. The van der Waals surface area contributed by atoms with Gasteiger partial charge in [-0.2, -0.15) is 0 Å². The van der Waals surface area contributed by atoms with Crippen molar-refractivity contribution < 1.29 is 9.32 Å². The van der Waals surface area contributed by atoms with Crippen molar-refractivity contribution in [3.63, 3.8) is 0 Å². The Balaban J connectivity index is 1.69. The van der Waals surface area contributed by atoms with E-state index in [1.807, 2.05) is 24.5 Å². The number of nitrogens with zero attached hydrogens (tertiary/aromatic N) is 4. The summed E-state index contributed by atoms with van der Waals surface area (Å²) in [4.78, 5) is 17.3. The Hall–Kier alpha value is -1.93. The van der Waals surface area contributed by atoms with E-state index in [1.54, 1.807) is 11.0 Å². The highest BCUT2D eigenvalue weighted by atomic mass is 79.9. The molecule has 0 atom stereocenters. The van der Waals surface area contributed by atoms with Crippen LogP contribution in [0.4, 0.5) is 0 Å². The molecule has 3 aromatic rings. The van der Waals surface area contributed by atoms with Crippen LogP contribution < -0.4 is 0 Å². The third-order valence-electron chi connectivity index (χ3n) is 4.15. The number of ketones is 1. The Morgan fingerprint density at radius 1 is 1.40 bits per heavy atom. The summed E-state index contributed by atoms with van der Waals surface area (Å²) in [5, 5.41) is 9.13. The van der Waals surface area contributed by atoms with Crippen LogP contribution in [-0.4, -0.2) is 32.0 Å². The van der Waals surface area contributed by atoms with Gasteiger partial charge in [-0.05, 0) is 42.9 Å². The zero-order valence-electron chi connectivity index (χ0n) is 13.5. The minimum absolute atomic E-state index is 0.0594. The summed E-state index contributed by atoms with van der Waals surface area (Å²) in [5.41, 5.74) is 2.85. The number of hydrogen-bond donors (Lipinski definition) is 0. The molecule has 0 saturated heterocycles. The number of carbonyl (C=O) groups excluding carboxylic acids is 1. The van der Waals surface area contributed by atoms with Gasteiger partial charge in [0.25, 0.3) is 0 Å². The van der Waals surface area contributed by atoms with Gasteiger partial charge in [-0.15, -0.1) is 5.10 Å². The van der Waals surface area contributed by atoms with Gasteiger partial charge in [-0.25, -0.2) is 9.67 Å². The highest BCUT2D eigenvalue weighted by Gasteiger charge is 2.32. The van der Waals surface area contributed by atoms with Crippen molar-refractivity contribution in [2.24, 2.45) is 0 Å². The Morgan fingerprint density at radius 3 is 2.96 bits per heavy atom. The highest BCUT2D eigenvalue weighted by molar-refractivity contribution is 9.10. The first-order valence-corrected chi connectivity index (χ1v) is 9.88. The largest absolute Gasteiger partial charge is 0.364 e. The first-order chi connectivity index (χ1) is 12.2. The van der Waals surface area contributed by atoms with Crippen LogP contribution in [0.2, 0.25) is 0 Å². The SMILES string of the molecule is CSc1ncn(Cc2cc(Br)ccc2C(=O)c2conc2C2CC2)n1. The zero-order valence-corrected chi connectivity index (χ0v) is 15.9. The lowest BCUT2D eigenvalue weighted by Crippen LogP contribution is -2.10. The van der Waals surface area contributed by atoms with Gasteiger partial charge in [-0.3, -0.25) is 4.79 Å². The molecule has 1 aromatic carbocycles. The minimum Gasteiger partial charge on any atom is -0.364 e. The second-order valence-corrected chi connectivity index (χ2v) is 7.64. The average Bonchev–Trinajstić information content (AvgIpc) is 3.16. The summed E-state index contributed by atoms with van der Waals surface area (Å²) in [7, 11) is 0. The first kappa shape index (κ1) is 16.5. The molecule has 8 heteroatoms. The van der Waals surface area contributed by atoms with Crippen molar-refractivity contribution >= 4 is 33.5 Å². The Bertz CT molecular complexity index is 932. The molecule has 25 heavy (non-hydrogen) atoms. The maximum Gasteiger partial charge on any atom is 0.208 e. The second-order valence-electron chi connectivity index (χ2n) is 5.95. The lowest BCUT2D eigenvalue weighted by atomic mass is 9.97. The van der Waals surface area contributed by atoms with Gasteiger partial charge in [0.2, 0.25) is 5.16 Å². The quantitative estimate of drug-likeness (QED) is 0.446. The third kappa shape index (κ3) is 3.41. The van der Waals surface area contributed by atoms with Crippen LogP contribution in [0, 0.1) is 0 Å². The average molecular weight is 419 g/mol. The van der Waals surface area contributed by atoms with Crippen LogP contribution in [-0.2, 0) is 6.54 Å². The molecule has 1 saturated carbocycles. The summed E-state index contributed by atoms with van der Waals surface area (Å²) < 4.78 is 7.73. The monoisotopic (exact) mass is 418 g/mol. The normalized spacial score (nSPS) is 14.0. The number of rotatable bonds is 6. The fourth-order valence-corrected chi connectivity index (χ4v) is 3.50. The molecule has 128 valence electrons. The van der Waals surface area contributed by atoms with E-state index in [2.05, 4.69) is 31.2 Å². The van der Waals surface area contributed by atoms with Crippen molar-refractivity contribution in [1.82, 2.24) is 19.9 Å². The van der Waals surface area contributed by atoms with Crippen molar-refractivity contribution in [1.29, 1.82) is 0 Å². The Morgan fingerprint density at radius 2 is 2.24 bits per heavy atom. The van der Waals surface area contributed by atoms with Gasteiger partial charge in [0.15, 0.2) is 5.78 Å². The van der Waals surface area contributed by atoms with Gasteiger partial charge in [0, 0.05) is 16.0 Å². The van der Waals surface area contributed by atoms with Crippen LogP contribution in [0.1, 0.15) is 45.9 Å².